The van der Waals surface area contributed by atoms with E-state index in [2.05, 4.69) is 4.74 Å². The van der Waals surface area contributed by atoms with Crippen LogP contribution in [0.3, 0.4) is 0 Å². The number of ether oxygens (including phenoxy) is 6. The predicted molar refractivity (Wildman–Crippen MR) is 107 cm³/mol. The number of methoxy groups -OCH3 is 1. The highest BCUT2D eigenvalue weighted by Crippen LogP contribution is 2.35. The normalized spacial score (nSPS) is 23.9. The zero-order valence-corrected chi connectivity index (χ0v) is 18.6. The van der Waals surface area contributed by atoms with Gasteiger partial charge in [-0.25, -0.2) is 4.79 Å². The maximum atomic E-state index is 12.4. The van der Waals surface area contributed by atoms with E-state index in [-0.39, 0.29) is 11.3 Å². The second-order valence-corrected chi connectivity index (χ2v) is 7.01. The topological polar surface area (TPSA) is 187 Å². The van der Waals surface area contributed by atoms with Crippen molar-refractivity contribution in [3.63, 3.8) is 0 Å². The van der Waals surface area contributed by atoms with Gasteiger partial charge in [0.25, 0.3) is 0 Å². The van der Waals surface area contributed by atoms with Crippen LogP contribution in [0.15, 0.2) is 18.2 Å². The minimum atomic E-state index is -1.75. The maximum absolute atomic E-state index is 12.4. The van der Waals surface area contributed by atoms with E-state index in [9.17, 15) is 34.4 Å². The van der Waals surface area contributed by atoms with E-state index in [1.54, 1.807) is 0 Å². The zero-order valence-electron chi connectivity index (χ0n) is 18.6. The van der Waals surface area contributed by atoms with Gasteiger partial charge in [-0.15, -0.1) is 0 Å². The molecule has 14 heteroatoms. The molecule has 0 spiro atoms. The van der Waals surface area contributed by atoms with Crippen molar-refractivity contribution in [2.75, 3.05) is 7.11 Å². The van der Waals surface area contributed by atoms with Crippen molar-refractivity contribution < 1.29 is 57.6 Å². The predicted octanol–water partition coefficient (Wildman–Crippen LogP) is 0.159. The van der Waals surface area contributed by atoms with Crippen LogP contribution < -0.4 is 4.74 Å². The first-order chi connectivity index (χ1) is 16.0. The van der Waals surface area contributed by atoms with Crippen molar-refractivity contribution in [1.82, 2.24) is 0 Å². The Kier molecular flexibility index (Phi) is 8.86. The maximum Gasteiger partial charge on any atom is 0.339 e. The van der Waals surface area contributed by atoms with Gasteiger partial charge < -0.3 is 33.5 Å². The van der Waals surface area contributed by atoms with Crippen LogP contribution in [-0.4, -0.2) is 71.7 Å². The van der Waals surface area contributed by atoms with Gasteiger partial charge in [-0.1, -0.05) is 6.07 Å². The number of aliphatic hydroxyl groups is 1. The summed E-state index contributed by atoms with van der Waals surface area (Å²) in [6.45, 7) is 2.58. The minimum Gasteiger partial charge on any atom is -0.467 e. The Bertz CT molecular complexity index is 962. The number of nitro benzene ring substituents is 1. The SMILES string of the molecule is COC(=O)[C@H]1O[C@@H](Oc2ccc(CO)cc2[N+](=O)[O-])C(OC(C)=O)C(OC(C)=O)C1OC(C)=O. The summed E-state index contributed by atoms with van der Waals surface area (Å²) in [7, 11) is 1.02. The van der Waals surface area contributed by atoms with Crippen LogP contribution in [0.25, 0.3) is 0 Å². The lowest BCUT2D eigenvalue weighted by Crippen LogP contribution is -2.64. The molecule has 186 valence electrons. The summed E-state index contributed by atoms with van der Waals surface area (Å²) in [6.07, 6.45) is -8.30. The first kappa shape index (κ1) is 26.5. The van der Waals surface area contributed by atoms with E-state index in [1.807, 2.05) is 0 Å². The standard InChI is InChI=1S/C20H23NO13/c1-9(23)30-15-16(31-10(2)24)18(32-11(3)25)20(34-17(15)19(26)29-4)33-14-6-5-12(8-22)7-13(14)21(27)28/h5-7,15-18,20,22H,8H2,1-4H3/t15?,16?,17-,18?,20+/m0/s1. The molecule has 3 unspecified atom stereocenters. The highest BCUT2D eigenvalue weighted by atomic mass is 16.7. The number of hydrogen-bond donors (Lipinski definition) is 1. The van der Waals surface area contributed by atoms with Crippen molar-refractivity contribution in [2.45, 2.75) is 58.1 Å². The third-order valence-corrected chi connectivity index (χ3v) is 4.48. The number of nitro groups is 1. The molecule has 1 N–H and O–H groups in total. The first-order valence-corrected chi connectivity index (χ1v) is 9.78. The molecule has 0 bridgehead atoms. The van der Waals surface area contributed by atoms with Gasteiger partial charge in [-0.05, 0) is 11.6 Å². The van der Waals surface area contributed by atoms with Gasteiger partial charge in [0, 0.05) is 26.8 Å². The molecule has 1 fully saturated rings. The van der Waals surface area contributed by atoms with Gasteiger partial charge in [0.15, 0.2) is 24.1 Å². The zero-order chi connectivity index (χ0) is 25.6. The highest BCUT2D eigenvalue weighted by molar-refractivity contribution is 5.77. The Morgan fingerprint density at radius 2 is 1.56 bits per heavy atom. The molecule has 0 amide bonds. The summed E-state index contributed by atoms with van der Waals surface area (Å²) in [5.74, 6) is -4.08. The second kappa shape index (κ2) is 11.4. The molecule has 34 heavy (non-hydrogen) atoms. The quantitative estimate of drug-likeness (QED) is 0.227. The summed E-state index contributed by atoms with van der Waals surface area (Å²) in [5, 5.41) is 20.8. The number of carbonyl (C=O) groups excluding carboxylic acids is 4. The number of aliphatic hydroxyl groups excluding tert-OH is 1. The van der Waals surface area contributed by atoms with E-state index in [4.69, 9.17) is 23.7 Å². The summed E-state index contributed by atoms with van der Waals surface area (Å²) in [4.78, 5) is 58.4. The summed E-state index contributed by atoms with van der Waals surface area (Å²) < 4.78 is 31.3. The van der Waals surface area contributed by atoms with Crippen LogP contribution in [0.1, 0.15) is 26.3 Å². The fraction of sp³-hybridized carbons (Fsp3) is 0.500. The van der Waals surface area contributed by atoms with Gasteiger partial charge in [-0.2, -0.15) is 0 Å². The van der Waals surface area contributed by atoms with Crippen LogP contribution in [0.2, 0.25) is 0 Å². The van der Waals surface area contributed by atoms with Crippen molar-refractivity contribution in [3.8, 4) is 5.75 Å². The Morgan fingerprint density at radius 3 is 2.06 bits per heavy atom. The van der Waals surface area contributed by atoms with E-state index < -0.39 is 71.8 Å². The number of nitrogens with zero attached hydrogens (tertiary/aromatic N) is 1. The second-order valence-electron chi connectivity index (χ2n) is 7.01. The molecule has 0 aliphatic carbocycles. The van der Waals surface area contributed by atoms with Crippen LogP contribution in [0.5, 0.6) is 5.75 Å². The largest absolute Gasteiger partial charge is 0.467 e. The third-order valence-electron chi connectivity index (χ3n) is 4.48. The molecule has 2 rings (SSSR count). The Hall–Kier alpha value is -3.78. The molecular weight excluding hydrogens is 462 g/mol. The molecule has 1 aromatic rings. The van der Waals surface area contributed by atoms with Gasteiger partial charge in [-0.3, -0.25) is 24.5 Å². The monoisotopic (exact) mass is 485 g/mol. The number of benzene rings is 1. The molecule has 0 aromatic heterocycles. The van der Waals surface area contributed by atoms with E-state index in [1.165, 1.54) is 6.07 Å². The Labute approximate surface area is 192 Å². The van der Waals surface area contributed by atoms with Crippen LogP contribution >= 0.6 is 0 Å². The average molecular weight is 485 g/mol. The summed E-state index contributed by atoms with van der Waals surface area (Å²) in [5.41, 5.74) is -0.363. The van der Waals surface area contributed by atoms with E-state index in [0.717, 1.165) is 40.0 Å². The molecule has 14 nitrogen and oxygen atoms in total. The van der Waals surface area contributed by atoms with Crippen molar-refractivity contribution in [3.05, 3.63) is 33.9 Å². The molecule has 1 saturated heterocycles. The summed E-state index contributed by atoms with van der Waals surface area (Å²) in [6, 6.07) is 3.53. The fourth-order valence-corrected chi connectivity index (χ4v) is 3.20. The van der Waals surface area contributed by atoms with Crippen molar-refractivity contribution >= 4 is 29.6 Å². The van der Waals surface area contributed by atoms with Gasteiger partial charge >= 0.3 is 29.6 Å². The Balaban J connectivity index is 2.58. The van der Waals surface area contributed by atoms with Crippen LogP contribution in [0.4, 0.5) is 5.69 Å². The van der Waals surface area contributed by atoms with Crippen molar-refractivity contribution in [1.29, 1.82) is 0 Å². The molecule has 1 aliphatic heterocycles. The molecule has 5 atom stereocenters. The number of hydrogen-bond acceptors (Lipinski definition) is 13. The molecule has 1 heterocycles. The van der Waals surface area contributed by atoms with E-state index in [0.29, 0.717) is 0 Å². The fourth-order valence-electron chi connectivity index (χ4n) is 3.20. The lowest BCUT2D eigenvalue weighted by molar-refractivity contribution is -0.387. The number of carbonyl (C=O) groups is 4. The van der Waals surface area contributed by atoms with Crippen molar-refractivity contribution in [2.24, 2.45) is 0 Å². The minimum absolute atomic E-state index is 0.209. The molecule has 1 aliphatic rings. The lowest BCUT2D eigenvalue weighted by Gasteiger charge is -2.42. The van der Waals surface area contributed by atoms with E-state index >= 15 is 0 Å². The smallest absolute Gasteiger partial charge is 0.339 e. The number of rotatable bonds is 8. The van der Waals surface area contributed by atoms with Gasteiger partial charge in [0.2, 0.25) is 12.4 Å². The summed E-state index contributed by atoms with van der Waals surface area (Å²) >= 11 is 0. The lowest BCUT2D eigenvalue weighted by atomic mass is 9.97. The Morgan fingerprint density at radius 1 is 1.00 bits per heavy atom. The molecule has 1 aromatic carbocycles. The molecular formula is C20H23NO13. The van der Waals surface area contributed by atoms with Gasteiger partial charge in [0.05, 0.1) is 18.6 Å². The average Bonchev–Trinajstić information content (AvgIpc) is 2.76. The molecule has 0 radical (unpaired) electrons. The first-order valence-electron chi connectivity index (χ1n) is 9.78. The number of esters is 4. The highest BCUT2D eigenvalue weighted by Gasteiger charge is 2.56. The van der Waals surface area contributed by atoms with Gasteiger partial charge in [0.1, 0.15) is 0 Å². The van der Waals surface area contributed by atoms with Crippen LogP contribution in [-0.2, 0) is 49.5 Å². The molecule has 0 saturated carbocycles. The van der Waals surface area contributed by atoms with Crippen LogP contribution in [0, 0.1) is 10.1 Å². The third kappa shape index (κ3) is 6.39.